The van der Waals surface area contributed by atoms with Crippen molar-refractivity contribution in [2.24, 2.45) is 5.92 Å². The van der Waals surface area contributed by atoms with Crippen LogP contribution in [0, 0.1) is 11.7 Å². The number of ketones is 1. The standard InChI is InChI=1S/C15H20FNO/c1-17(14-9-7-13(16)8-10-14)11-15(18)12-5-3-2-4-6-12/h7-10,12H,2-6,11H2,1H3. The summed E-state index contributed by atoms with van der Waals surface area (Å²) in [5.41, 5.74) is 0.889. The summed E-state index contributed by atoms with van der Waals surface area (Å²) in [5, 5.41) is 0. The molecule has 2 rings (SSSR count). The highest BCUT2D eigenvalue weighted by atomic mass is 19.1. The quantitative estimate of drug-likeness (QED) is 0.815. The molecule has 1 aliphatic rings. The van der Waals surface area contributed by atoms with Crippen LogP contribution in [-0.4, -0.2) is 19.4 Å². The highest BCUT2D eigenvalue weighted by Crippen LogP contribution is 2.25. The fraction of sp³-hybridized carbons (Fsp3) is 0.533. The van der Waals surface area contributed by atoms with Gasteiger partial charge in [-0.05, 0) is 37.1 Å². The Hall–Kier alpha value is -1.38. The summed E-state index contributed by atoms with van der Waals surface area (Å²) < 4.78 is 12.8. The van der Waals surface area contributed by atoms with E-state index in [1.54, 1.807) is 12.1 Å². The minimum Gasteiger partial charge on any atom is -0.367 e. The van der Waals surface area contributed by atoms with E-state index in [2.05, 4.69) is 0 Å². The van der Waals surface area contributed by atoms with Crippen LogP contribution in [0.1, 0.15) is 32.1 Å². The second kappa shape index (κ2) is 5.98. The van der Waals surface area contributed by atoms with Gasteiger partial charge in [0.05, 0.1) is 6.54 Å². The zero-order chi connectivity index (χ0) is 13.0. The Kier molecular flexibility index (Phi) is 4.34. The van der Waals surface area contributed by atoms with E-state index in [4.69, 9.17) is 0 Å². The minimum atomic E-state index is -0.245. The molecule has 0 heterocycles. The van der Waals surface area contributed by atoms with Crippen LogP contribution in [0.25, 0.3) is 0 Å². The Bertz CT molecular complexity index is 395. The molecule has 0 atom stereocenters. The third-order valence-electron chi connectivity index (χ3n) is 3.72. The number of benzene rings is 1. The molecule has 0 radical (unpaired) electrons. The lowest BCUT2D eigenvalue weighted by atomic mass is 9.86. The Morgan fingerprint density at radius 2 is 1.83 bits per heavy atom. The van der Waals surface area contributed by atoms with Gasteiger partial charge >= 0.3 is 0 Å². The monoisotopic (exact) mass is 249 g/mol. The van der Waals surface area contributed by atoms with E-state index in [-0.39, 0.29) is 11.7 Å². The van der Waals surface area contributed by atoms with Crippen molar-refractivity contribution in [3.63, 3.8) is 0 Å². The topological polar surface area (TPSA) is 20.3 Å². The number of carbonyl (C=O) groups excluding carboxylic acids is 1. The van der Waals surface area contributed by atoms with Crippen molar-refractivity contribution in [1.29, 1.82) is 0 Å². The fourth-order valence-corrected chi connectivity index (χ4v) is 2.57. The minimum absolute atomic E-state index is 0.238. The molecule has 1 fully saturated rings. The molecule has 1 aromatic carbocycles. The van der Waals surface area contributed by atoms with Crippen molar-refractivity contribution < 1.29 is 9.18 Å². The van der Waals surface area contributed by atoms with Gasteiger partial charge in [-0.15, -0.1) is 0 Å². The molecular formula is C15H20FNO. The summed E-state index contributed by atoms with van der Waals surface area (Å²) in [4.78, 5) is 14.0. The molecule has 0 N–H and O–H groups in total. The first-order valence-corrected chi connectivity index (χ1v) is 6.66. The van der Waals surface area contributed by atoms with E-state index in [1.165, 1.54) is 31.4 Å². The Morgan fingerprint density at radius 3 is 2.44 bits per heavy atom. The Morgan fingerprint density at radius 1 is 1.22 bits per heavy atom. The maximum Gasteiger partial charge on any atom is 0.155 e. The number of hydrogen-bond donors (Lipinski definition) is 0. The second-order valence-corrected chi connectivity index (χ2v) is 5.13. The molecule has 98 valence electrons. The first-order valence-electron chi connectivity index (χ1n) is 6.66. The highest BCUT2D eigenvalue weighted by Gasteiger charge is 2.21. The number of hydrogen-bond acceptors (Lipinski definition) is 2. The van der Waals surface area contributed by atoms with Crippen LogP contribution in [0.15, 0.2) is 24.3 Å². The van der Waals surface area contributed by atoms with Gasteiger partial charge in [0.25, 0.3) is 0 Å². The number of anilines is 1. The normalized spacial score (nSPS) is 16.6. The maximum atomic E-state index is 12.8. The summed E-state index contributed by atoms with van der Waals surface area (Å²) in [6.45, 7) is 0.427. The molecule has 1 aliphatic carbocycles. The number of nitrogens with zero attached hydrogens (tertiary/aromatic N) is 1. The molecule has 2 nitrogen and oxygen atoms in total. The van der Waals surface area contributed by atoms with E-state index >= 15 is 0 Å². The van der Waals surface area contributed by atoms with Crippen molar-refractivity contribution in [2.45, 2.75) is 32.1 Å². The molecule has 0 aromatic heterocycles. The molecule has 0 amide bonds. The van der Waals surface area contributed by atoms with Gasteiger partial charge in [0.15, 0.2) is 5.78 Å². The van der Waals surface area contributed by atoms with Crippen LogP contribution < -0.4 is 4.90 Å². The van der Waals surface area contributed by atoms with E-state index in [0.717, 1.165) is 18.5 Å². The summed E-state index contributed by atoms with van der Waals surface area (Å²) in [7, 11) is 1.88. The Labute approximate surface area is 108 Å². The molecule has 3 heteroatoms. The zero-order valence-electron chi connectivity index (χ0n) is 10.9. The molecule has 1 saturated carbocycles. The molecule has 18 heavy (non-hydrogen) atoms. The van der Waals surface area contributed by atoms with Crippen molar-refractivity contribution in [1.82, 2.24) is 0 Å². The van der Waals surface area contributed by atoms with Crippen LogP contribution >= 0.6 is 0 Å². The molecule has 1 aromatic rings. The van der Waals surface area contributed by atoms with E-state index < -0.39 is 0 Å². The molecular weight excluding hydrogens is 229 g/mol. The van der Waals surface area contributed by atoms with Gasteiger partial charge in [-0.1, -0.05) is 19.3 Å². The summed E-state index contributed by atoms with van der Waals surface area (Å²) in [5.74, 6) is 0.314. The van der Waals surface area contributed by atoms with E-state index in [0.29, 0.717) is 12.3 Å². The van der Waals surface area contributed by atoms with Gasteiger partial charge in [-0.25, -0.2) is 4.39 Å². The molecule has 0 bridgehead atoms. The zero-order valence-corrected chi connectivity index (χ0v) is 10.9. The van der Waals surface area contributed by atoms with Crippen LogP contribution in [0.3, 0.4) is 0 Å². The lowest BCUT2D eigenvalue weighted by molar-refractivity contribution is -0.122. The number of carbonyl (C=O) groups is 1. The summed E-state index contributed by atoms with van der Waals surface area (Å²) >= 11 is 0. The molecule has 0 saturated heterocycles. The van der Waals surface area contributed by atoms with Crippen LogP contribution in [0.5, 0.6) is 0 Å². The Balaban J connectivity index is 1.91. The average Bonchev–Trinajstić information content (AvgIpc) is 2.40. The number of halogens is 1. The number of rotatable bonds is 4. The maximum absolute atomic E-state index is 12.8. The van der Waals surface area contributed by atoms with Gasteiger partial charge < -0.3 is 4.90 Å². The van der Waals surface area contributed by atoms with E-state index in [1.807, 2.05) is 11.9 Å². The lowest BCUT2D eigenvalue weighted by Crippen LogP contribution is -2.31. The summed E-state index contributed by atoms with van der Waals surface area (Å²) in [6, 6.07) is 6.28. The average molecular weight is 249 g/mol. The summed E-state index contributed by atoms with van der Waals surface area (Å²) in [6.07, 6.45) is 5.69. The van der Waals surface area contributed by atoms with Crippen molar-refractivity contribution in [3.8, 4) is 0 Å². The van der Waals surface area contributed by atoms with Gasteiger partial charge in [0.2, 0.25) is 0 Å². The van der Waals surface area contributed by atoms with Gasteiger partial charge in [-0.2, -0.15) is 0 Å². The smallest absolute Gasteiger partial charge is 0.155 e. The first kappa shape index (κ1) is 13.1. The van der Waals surface area contributed by atoms with Gasteiger partial charge in [0.1, 0.15) is 5.82 Å². The third-order valence-corrected chi connectivity index (χ3v) is 3.72. The van der Waals surface area contributed by atoms with Crippen molar-refractivity contribution >= 4 is 11.5 Å². The lowest BCUT2D eigenvalue weighted by Gasteiger charge is -2.24. The molecule has 0 unspecified atom stereocenters. The highest BCUT2D eigenvalue weighted by molar-refractivity contribution is 5.85. The second-order valence-electron chi connectivity index (χ2n) is 5.13. The number of likely N-dealkylation sites (N-methyl/N-ethyl adjacent to an activating group) is 1. The van der Waals surface area contributed by atoms with Gasteiger partial charge in [0, 0.05) is 18.7 Å². The number of Topliss-reactive ketones (excluding diaryl/α,β-unsaturated/α-hetero) is 1. The first-order chi connectivity index (χ1) is 8.66. The van der Waals surface area contributed by atoms with Crippen molar-refractivity contribution in [2.75, 3.05) is 18.5 Å². The predicted molar refractivity (Wildman–Crippen MR) is 71.3 cm³/mol. The largest absolute Gasteiger partial charge is 0.367 e. The predicted octanol–water partition coefficient (Wildman–Crippen LogP) is 3.41. The van der Waals surface area contributed by atoms with E-state index in [9.17, 15) is 9.18 Å². The molecule has 0 aliphatic heterocycles. The third kappa shape index (κ3) is 3.31. The van der Waals surface area contributed by atoms with Gasteiger partial charge in [-0.3, -0.25) is 4.79 Å². The fourth-order valence-electron chi connectivity index (χ4n) is 2.57. The van der Waals surface area contributed by atoms with Crippen LogP contribution in [-0.2, 0) is 4.79 Å². The van der Waals surface area contributed by atoms with Crippen LogP contribution in [0.2, 0.25) is 0 Å². The van der Waals surface area contributed by atoms with Crippen molar-refractivity contribution in [3.05, 3.63) is 30.1 Å². The molecule has 0 spiro atoms. The van der Waals surface area contributed by atoms with Crippen LogP contribution in [0.4, 0.5) is 10.1 Å². The SMILES string of the molecule is CN(CC(=O)C1CCCCC1)c1ccc(F)cc1.